The van der Waals surface area contributed by atoms with Crippen molar-refractivity contribution >= 4 is 8.32 Å². The topological polar surface area (TPSA) is 18.5 Å². The smallest absolute Gasteiger partial charge is 0.191 e. The molecule has 0 atom stereocenters. The van der Waals surface area contributed by atoms with Gasteiger partial charge in [0.1, 0.15) is 0 Å². The molecule has 0 aromatic carbocycles. The molecule has 0 unspecified atom stereocenters. The summed E-state index contributed by atoms with van der Waals surface area (Å²) >= 11 is 0. The predicted molar refractivity (Wildman–Crippen MR) is 64.3 cm³/mol. The first kappa shape index (κ1) is 14.1. The van der Waals surface area contributed by atoms with Crippen molar-refractivity contribution in [2.24, 2.45) is 0 Å². The Bertz CT molecular complexity index is 150. The summed E-state index contributed by atoms with van der Waals surface area (Å²) in [6, 6.07) is 0. The zero-order valence-electron chi connectivity index (χ0n) is 10.6. The number of methoxy groups -OCH3 is 1. The van der Waals surface area contributed by atoms with Gasteiger partial charge in [0, 0.05) is 20.3 Å². The van der Waals surface area contributed by atoms with Gasteiger partial charge in [0.15, 0.2) is 8.32 Å². The van der Waals surface area contributed by atoms with Gasteiger partial charge in [0.05, 0.1) is 0 Å². The van der Waals surface area contributed by atoms with Crippen molar-refractivity contribution in [3.8, 4) is 0 Å². The fraction of sp³-hybridized carbons (Fsp3) is 1.00. The van der Waals surface area contributed by atoms with E-state index in [1.807, 2.05) is 0 Å². The van der Waals surface area contributed by atoms with Crippen LogP contribution in [0.1, 0.15) is 33.6 Å². The summed E-state index contributed by atoms with van der Waals surface area (Å²) in [5.74, 6) is 0. The Morgan fingerprint density at radius 2 is 1.50 bits per heavy atom. The lowest BCUT2D eigenvalue weighted by Crippen LogP contribution is -2.40. The molecule has 3 heteroatoms. The van der Waals surface area contributed by atoms with E-state index in [0.717, 1.165) is 26.1 Å². The largest absolute Gasteiger partial charge is 0.417 e. The number of hydrogen-bond acceptors (Lipinski definition) is 2. The van der Waals surface area contributed by atoms with Crippen molar-refractivity contribution < 1.29 is 9.16 Å². The van der Waals surface area contributed by atoms with E-state index in [1.165, 1.54) is 0 Å². The van der Waals surface area contributed by atoms with Gasteiger partial charge in [-0.05, 0) is 31.0 Å². The number of ether oxygens (including phenoxy) is 1. The van der Waals surface area contributed by atoms with Crippen LogP contribution in [0.15, 0.2) is 0 Å². The Morgan fingerprint density at radius 1 is 1.00 bits per heavy atom. The van der Waals surface area contributed by atoms with Crippen molar-refractivity contribution in [3.63, 3.8) is 0 Å². The van der Waals surface area contributed by atoms with E-state index in [-0.39, 0.29) is 0 Å². The molecule has 2 nitrogen and oxygen atoms in total. The highest BCUT2D eigenvalue weighted by Crippen LogP contribution is 2.36. The number of hydrogen-bond donors (Lipinski definition) is 0. The first-order valence-electron chi connectivity index (χ1n) is 5.44. The molecule has 86 valence electrons. The minimum absolute atomic E-state index is 0.328. The van der Waals surface area contributed by atoms with Crippen molar-refractivity contribution in [1.82, 2.24) is 0 Å². The van der Waals surface area contributed by atoms with Gasteiger partial charge in [-0.2, -0.15) is 0 Å². The van der Waals surface area contributed by atoms with E-state index >= 15 is 0 Å². The summed E-state index contributed by atoms with van der Waals surface area (Å²) in [7, 11) is 0.239. The monoisotopic (exact) mass is 218 g/mol. The van der Waals surface area contributed by atoms with Crippen LogP contribution in [0.4, 0.5) is 0 Å². The average Bonchev–Trinajstić information content (AvgIpc) is 2.02. The molecule has 0 rings (SSSR count). The van der Waals surface area contributed by atoms with Gasteiger partial charge in [-0.15, -0.1) is 0 Å². The van der Waals surface area contributed by atoms with E-state index in [4.69, 9.17) is 9.16 Å². The molecule has 0 bridgehead atoms. The maximum Gasteiger partial charge on any atom is 0.191 e. The molecule has 0 aliphatic heterocycles. The molecule has 0 amide bonds. The zero-order chi connectivity index (χ0) is 11.2. The highest BCUT2D eigenvalue weighted by molar-refractivity contribution is 6.74. The van der Waals surface area contributed by atoms with Gasteiger partial charge in [-0.3, -0.25) is 0 Å². The quantitative estimate of drug-likeness (QED) is 0.502. The third-order valence-electron chi connectivity index (χ3n) is 3.01. The van der Waals surface area contributed by atoms with Crippen LogP contribution >= 0.6 is 0 Å². The van der Waals surface area contributed by atoms with Crippen molar-refractivity contribution in [1.29, 1.82) is 0 Å². The van der Waals surface area contributed by atoms with Gasteiger partial charge in [0.25, 0.3) is 0 Å². The predicted octanol–water partition coefficient (Wildman–Crippen LogP) is 3.43. The molecule has 0 saturated heterocycles. The third-order valence-corrected chi connectivity index (χ3v) is 7.55. The fourth-order valence-electron chi connectivity index (χ4n) is 0.892. The van der Waals surface area contributed by atoms with E-state index in [0.29, 0.717) is 5.04 Å². The molecule has 0 heterocycles. The second-order valence-electron chi connectivity index (χ2n) is 5.31. The second-order valence-corrected chi connectivity index (χ2v) is 10.1. The zero-order valence-corrected chi connectivity index (χ0v) is 11.6. The summed E-state index contributed by atoms with van der Waals surface area (Å²) in [4.78, 5) is 0. The van der Waals surface area contributed by atoms with Crippen LogP contribution in [0.3, 0.4) is 0 Å². The maximum atomic E-state index is 6.02. The van der Waals surface area contributed by atoms with E-state index in [9.17, 15) is 0 Å². The van der Waals surface area contributed by atoms with Crippen LogP contribution in [-0.4, -0.2) is 28.6 Å². The molecular formula is C11H26O2Si. The lowest BCUT2D eigenvalue weighted by molar-refractivity contribution is 0.182. The molecule has 0 N–H and O–H groups in total. The minimum atomic E-state index is -1.51. The van der Waals surface area contributed by atoms with Gasteiger partial charge >= 0.3 is 0 Å². The standard InChI is InChI=1S/C11H26O2Si/c1-11(2,3)14(5,6)13-10-8-7-9-12-4/h7-10H2,1-6H3. The Balaban J connectivity index is 3.67. The van der Waals surface area contributed by atoms with Crippen molar-refractivity contribution in [2.45, 2.75) is 51.7 Å². The Morgan fingerprint density at radius 3 is 1.93 bits per heavy atom. The average molecular weight is 218 g/mol. The summed E-state index contributed by atoms with van der Waals surface area (Å²) in [5, 5.41) is 0.328. The van der Waals surface area contributed by atoms with Gasteiger partial charge in [-0.1, -0.05) is 20.8 Å². The highest BCUT2D eigenvalue weighted by atomic mass is 28.4. The SMILES string of the molecule is COCCCCO[Si](C)(C)C(C)(C)C. The molecule has 0 fully saturated rings. The maximum absolute atomic E-state index is 6.02. The van der Waals surface area contributed by atoms with Crippen LogP contribution in [0.25, 0.3) is 0 Å². The minimum Gasteiger partial charge on any atom is -0.417 e. The number of unbranched alkanes of at least 4 members (excludes halogenated alkanes) is 1. The molecule has 0 spiro atoms. The van der Waals surface area contributed by atoms with E-state index in [2.05, 4.69) is 33.9 Å². The molecule has 14 heavy (non-hydrogen) atoms. The summed E-state index contributed by atoms with van der Waals surface area (Å²) in [6.07, 6.45) is 2.21. The summed E-state index contributed by atoms with van der Waals surface area (Å²) in [6.45, 7) is 13.1. The third kappa shape index (κ3) is 5.13. The molecular weight excluding hydrogens is 192 g/mol. The summed E-state index contributed by atoms with van der Waals surface area (Å²) < 4.78 is 11.0. The molecule has 0 aromatic heterocycles. The van der Waals surface area contributed by atoms with Gasteiger partial charge in [0.2, 0.25) is 0 Å². The van der Waals surface area contributed by atoms with E-state index in [1.54, 1.807) is 7.11 Å². The summed E-state index contributed by atoms with van der Waals surface area (Å²) in [5.41, 5.74) is 0. The second kappa shape index (κ2) is 5.88. The highest BCUT2D eigenvalue weighted by Gasteiger charge is 2.36. The number of rotatable bonds is 6. The Hall–Kier alpha value is 0.137. The normalized spacial score (nSPS) is 13.3. The Kier molecular flexibility index (Phi) is 5.94. The van der Waals surface area contributed by atoms with Crippen LogP contribution in [0.2, 0.25) is 18.1 Å². The van der Waals surface area contributed by atoms with Crippen LogP contribution in [0, 0.1) is 0 Å². The molecule has 0 saturated carbocycles. The molecule has 0 aliphatic carbocycles. The molecule has 0 aliphatic rings. The first-order chi connectivity index (χ1) is 6.31. The van der Waals surface area contributed by atoms with Crippen LogP contribution in [-0.2, 0) is 9.16 Å². The van der Waals surface area contributed by atoms with Crippen molar-refractivity contribution in [2.75, 3.05) is 20.3 Å². The van der Waals surface area contributed by atoms with Crippen molar-refractivity contribution in [3.05, 3.63) is 0 Å². The molecule has 0 aromatic rings. The van der Waals surface area contributed by atoms with Crippen LogP contribution < -0.4 is 0 Å². The Labute approximate surface area is 90.1 Å². The lowest BCUT2D eigenvalue weighted by atomic mass is 10.2. The first-order valence-corrected chi connectivity index (χ1v) is 8.35. The molecule has 0 radical (unpaired) electrons. The van der Waals surface area contributed by atoms with Gasteiger partial charge < -0.3 is 9.16 Å². The van der Waals surface area contributed by atoms with E-state index < -0.39 is 8.32 Å². The lowest BCUT2D eigenvalue weighted by Gasteiger charge is -2.36. The fourth-order valence-corrected chi connectivity index (χ4v) is 1.98. The van der Waals surface area contributed by atoms with Crippen LogP contribution in [0.5, 0.6) is 0 Å². The van der Waals surface area contributed by atoms with Gasteiger partial charge in [-0.25, -0.2) is 0 Å².